The van der Waals surface area contributed by atoms with Crippen LogP contribution >= 0.6 is 11.6 Å². The maximum absolute atomic E-state index is 12.7. The predicted molar refractivity (Wildman–Crippen MR) is 350 cm³/mol. The topological polar surface area (TPSA) is 300 Å². The Hall–Kier alpha value is -9.21. The van der Waals surface area contributed by atoms with Crippen molar-refractivity contribution in [1.29, 1.82) is 0 Å². The molecule has 6 aliphatic rings. The molecule has 0 bridgehead atoms. The summed E-state index contributed by atoms with van der Waals surface area (Å²) in [6, 6.07) is 18.3. The van der Waals surface area contributed by atoms with E-state index in [1.807, 2.05) is 77.9 Å². The summed E-state index contributed by atoms with van der Waals surface area (Å²) in [6.45, 7) is 18.7. The van der Waals surface area contributed by atoms with Gasteiger partial charge in [-0.05, 0) is 72.4 Å². The standard InChI is InChI=1S/C32H38N10O4.C17H23ClN6O3.C16H17N3O/c1-32(2,3)46-31(44)42-13-14-45-25(20-42)16-27-33-19-24(38-27)15-26-36-21-37-30(39-26)41-11-9-40(10-12-41)29-34-17-23(18-35-29)28(43)22-7-5-4-6-8-22;1-17(2,3)27-16(25)24-4-5-26-12(9-24)7-14-19-8-11(22-14)6-13-20-10-21-15(18)23-13;20-15(13-7-3-1-4-8-13)14-11-17-16(18-12-14)19-9-5-2-6-10-19/h4-8,17-19,21,25,27H,9-16,20H2,1-3H3;8,10,12,14H,4-7,9H2,1-3H3;1,3-4,7-8,11-12H,2,5-6,9-10H2/t25-,27?;12-,14?;/m11./s1. The number of aliphatic imine (C=N–C) groups is 4. The molecule has 4 saturated heterocycles. The number of amides is 2. The van der Waals surface area contributed by atoms with Crippen LogP contribution < -0.4 is 14.7 Å². The minimum absolute atomic E-state index is 0.0317. The summed E-state index contributed by atoms with van der Waals surface area (Å²) in [5.41, 5.74) is 2.79. The zero-order valence-corrected chi connectivity index (χ0v) is 54.0. The lowest BCUT2D eigenvalue weighted by atomic mass is 10.1. The third kappa shape index (κ3) is 19.9. The maximum atomic E-state index is 12.7. The molecule has 0 spiro atoms. The molecule has 93 heavy (non-hydrogen) atoms. The molecule has 4 atom stereocenters. The van der Waals surface area contributed by atoms with Gasteiger partial charge in [-0.15, -0.1) is 0 Å². The molecular formula is C65H78ClN19O8. The Labute approximate surface area is 545 Å². The molecule has 10 heterocycles. The summed E-state index contributed by atoms with van der Waals surface area (Å²) in [5.74, 6) is 2.96. The molecule has 4 aromatic heterocycles. The van der Waals surface area contributed by atoms with Crippen molar-refractivity contribution in [3.63, 3.8) is 0 Å². The molecule has 2 unspecified atom stereocenters. The number of halogens is 1. The van der Waals surface area contributed by atoms with Crippen LogP contribution in [0.15, 0.2) is 118 Å². The Kier molecular flexibility index (Phi) is 22.5. The van der Waals surface area contributed by atoms with Gasteiger partial charge >= 0.3 is 12.2 Å². The van der Waals surface area contributed by atoms with Crippen LogP contribution in [0.3, 0.4) is 0 Å². The van der Waals surface area contributed by atoms with E-state index in [0.29, 0.717) is 137 Å². The molecule has 2 amide bonds. The molecule has 4 fully saturated rings. The van der Waals surface area contributed by atoms with Gasteiger partial charge in [0, 0.05) is 114 Å². The van der Waals surface area contributed by atoms with E-state index in [9.17, 15) is 19.2 Å². The van der Waals surface area contributed by atoms with Gasteiger partial charge in [0.25, 0.3) is 0 Å². The number of ether oxygens (including phenoxy) is 4. The van der Waals surface area contributed by atoms with E-state index >= 15 is 0 Å². The number of piperazine rings is 1. The lowest BCUT2D eigenvalue weighted by Gasteiger charge is -2.34. The average Bonchev–Trinajstić information content (AvgIpc) is 1.69. The first kappa shape index (κ1) is 66.7. The molecule has 0 aliphatic carbocycles. The van der Waals surface area contributed by atoms with E-state index < -0.39 is 11.2 Å². The third-order valence-corrected chi connectivity index (χ3v) is 15.4. The second-order valence-corrected chi connectivity index (χ2v) is 25.1. The van der Waals surface area contributed by atoms with Crippen molar-refractivity contribution in [3.8, 4) is 0 Å². The molecule has 2 aromatic carbocycles. The average molecular weight is 1290 g/mol. The number of hydrogen-bond donors (Lipinski definition) is 0. The predicted octanol–water partition coefficient (Wildman–Crippen LogP) is 7.28. The quantitative estimate of drug-likeness (QED) is 0.0912. The number of morpholine rings is 2. The van der Waals surface area contributed by atoms with Crippen molar-refractivity contribution in [3.05, 3.63) is 137 Å². The number of anilines is 3. The van der Waals surface area contributed by atoms with Crippen LogP contribution in [0.2, 0.25) is 5.28 Å². The smallest absolute Gasteiger partial charge is 0.410 e. The second-order valence-electron chi connectivity index (χ2n) is 24.7. The van der Waals surface area contributed by atoms with Crippen molar-refractivity contribution in [1.82, 2.24) is 59.6 Å². The number of piperidine rings is 1. The van der Waals surface area contributed by atoms with Crippen molar-refractivity contribution in [2.75, 3.05) is 93.4 Å². The SMILES string of the molecule is CC(C)(C)OC(=O)N1CCO[C@H](CC2N=CC(Cc3ncnc(Cl)n3)=N2)C1.CC(C)(C)OC(=O)N1CCO[C@H](CC2N=CC(Cc3ncnc(N4CCN(c5ncc(C(=O)c6ccccc6)cn5)CC4)n3)=N2)C1.O=C(c1ccccc1)c1cnc(N2CCCCC2)nc1. The fraction of sp³-hybridized carbons (Fsp3) is 0.477. The fourth-order valence-corrected chi connectivity index (χ4v) is 10.8. The number of ketones is 2. The lowest BCUT2D eigenvalue weighted by Crippen LogP contribution is -2.48. The Bertz CT molecular complexity index is 3620. The zero-order chi connectivity index (χ0) is 65.3. The molecule has 6 aromatic rings. The van der Waals surface area contributed by atoms with Crippen molar-refractivity contribution in [2.24, 2.45) is 20.0 Å². The highest BCUT2D eigenvalue weighted by atomic mass is 35.5. The number of aromatic nitrogens is 10. The van der Waals surface area contributed by atoms with Gasteiger partial charge in [-0.1, -0.05) is 60.7 Å². The minimum atomic E-state index is -0.544. The number of hydrogen-bond acceptors (Lipinski definition) is 25. The summed E-state index contributed by atoms with van der Waals surface area (Å²) < 4.78 is 22.6. The van der Waals surface area contributed by atoms with Crippen LogP contribution in [0.4, 0.5) is 27.4 Å². The second kappa shape index (κ2) is 31.4. The van der Waals surface area contributed by atoms with Gasteiger partial charge in [0.2, 0.25) is 23.1 Å². The lowest BCUT2D eigenvalue weighted by molar-refractivity contribution is -0.0461. The van der Waals surface area contributed by atoms with E-state index in [4.69, 9.17) is 40.5 Å². The van der Waals surface area contributed by atoms with Gasteiger partial charge in [-0.3, -0.25) is 29.6 Å². The minimum Gasteiger partial charge on any atom is -0.444 e. The first-order valence-corrected chi connectivity index (χ1v) is 31.7. The normalized spacial score (nSPS) is 19.8. The molecule has 28 heteroatoms. The molecule has 0 saturated carbocycles. The van der Waals surface area contributed by atoms with Gasteiger partial charge in [0.05, 0.1) is 73.9 Å². The summed E-state index contributed by atoms with van der Waals surface area (Å²) in [6.07, 6.45) is 17.1. The van der Waals surface area contributed by atoms with E-state index in [1.165, 1.54) is 31.9 Å². The number of benzene rings is 2. The van der Waals surface area contributed by atoms with E-state index in [2.05, 4.69) is 74.5 Å². The highest BCUT2D eigenvalue weighted by Crippen LogP contribution is 2.23. The van der Waals surface area contributed by atoms with Crippen LogP contribution in [0, 0.1) is 0 Å². The molecule has 488 valence electrons. The van der Waals surface area contributed by atoms with Crippen LogP contribution in [0.5, 0.6) is 0 Å². The van der Waals surface area contributed by atoms with E-state index in [1.54, 1.807) is 71.3 Å². The molecular weight excluding hydrogens is 1210 g/mol. The van der Waals surface area contributed by atoms with Gasteiger partial charge < -0.3 is 43.4 Å². The molecule has 0 radical (unpaired) electrons. The summed E-state index contributed by atoms with van der Waals surface area (Å²) in [7, 11) is 0. The Morgan fingerprint density at radius 2 is 0.914 bits per heavy atom. The highest BCUT2D eigenvalue weighted by molar-refractivity contribution is 6.32. The van der Waals surface area contributed by atoms with Crippen molar-refractivity contribution < 1.29 is 38.1 Å². The van der Waals surface area contributed by atoms with Crippen molar-refractivity contribution in [2.45, 2.75) is 122 Å². The number of rotatable bonds is 15. The van der Waals surface area contributed by atoms with Crippen LogP contribution in [-0.4, -0.2) is 222 Å². The summed E-state index contributed by atoms with van der Waals surface area (Å²) in [4.78, 5) is 121. The largest absolute Gasteiger partial charge is 0.444 e. The van der Waals surface area contributed by atoms with Crippen LogP contribution in [0.25, 0.3) is 0 Å². The molecule has 27 nitrogen and oxygen atoms in total. The van der Waals surface area contributed by atoms with Gasteiger partial charge in [-0.25, -0.2) is 54.4 Å². The number of carbonyl (C=O) groups excluding carboxylic acids is 4. The summed E-state index contributed by atoms with van der Waals surface area (Å²) >= 11 is 5.77. The molecule has 12 rings (SSSR count). The maximum Gasteiger partial charge on any atom is 0.410 e. The van der Waals surface area contributed by atoms with Crippen LogP contribution in [-0.2, 0) is 31.8 Å². The fourth-order valence-electron chi connectivity index (χ4n) is 10.6. The molecule has 6 aliphatic heterocycles. The number of carbonyl (C=O) groups is 4. The van der Waals surface area contributed by atoms with Gasteiger partial charge in [-0.2, -0.15) is 4.98 Å². The van der Waals surface area contributed by atoms with Crippen molar-refractivity contribution >= 4 is 77.1 Å². The first-order valence-electron chi connectivity index (χ1n) is 31.3. The Balaban J connectivity index is 0.000000169. The van der Waals surface area contributed by atoms with E-state index in [0.717, 1.165) is 30.5 Å². The van der Waals surface area contributed by atoms with Gasteiger partial charge in [0.1, 0.15) is 47.8 Å². The summed E-state index contributed by atoms with van der Waals surface area (Å²) in [5, 5.41) is 0.157. The zero-order valence-electron chi connectivity index (χ0n) is 53.3. The van der Waals surface area contributed by atoms with Gasteiger partial charge in [0.15, 0.2) is 11.6 Å². The third-order valence-electron chi connectivity index (χ3n) is 15.2. The Morgan fingerprint density at radius 1 is 0.495 bits per heavy atom. The highest BCUT2D eigenvalue weighted by Gasteiger charge is 2.33. The van der Waals surface area contributed by atoms with Crippen LogP contribution in [0.1, 0.15) is 117 Å². The number of nitrogens with zero attached hydrogens (tertiary/aromatic N) is 19. The molecule has 0 N–H and O–H groups in total. The Morgan fingerprint density at radius 3 is 1.35 bits per heavy atom. The monoisotopic (exact) mass is 1290 g/mol. The first-order chi connectivity index (χ1) is 44.8. The van der Waals surface area contributed by atoms with E-state index in [-0.39, 0.29) is 53.6 Å².